The molecule has 1 saturated heterocycles. The first-order valence-electron chi connectivity index (χ1n) is 16.9. The summed E-state index contributed by atoms with van der Waals surface area (Å²) in [4.78, 5) is 67.4. The zero-order valence-corrected chi connectivity index (χ0v) is 30.8. The Balaban J connectivity index is 1.77. The van der Waals surface area contributed by atoms with Crippen LogP contribution in [0.1, 0.15) is 44.4 Å². The predicted molar refractivity (Wildman–Crippen MR) is 190 cm³/mol. The van der Waals surface area contributed by atoms with Crippen molar-refractivity contribution < 1.29 is 66.6 Å². The van der Waals surface area contributed by atoms with Crippen molar-refractivity contribution in [2.75, 3.05) is 27.4 Å². The Hall–Kier alpha value is -5.80. The highest BCUT2D eigenvalue weighted by Gasteiger charge is 2.53. The van der Waals surface area contributed by atoms with Crippen molar-refractivity contribution in [2.24, 2.45) is 4.99 Å². The fraction of sp³-hybridized carbons (Fsp3) is 0.385. The van der Waals surface area contributed by atoms with Crippen molar-refractivity contribution in [3.05, 3.63) is 95.6 Å². The van der Waals surface area contributed by atoms with Gasteiger partial charge in [-0.1, -0.05) is 30.3 Å². The van der Waals surface area contributed by atoms with Crippen molar-refractivity contribution in [3.63, 3.8) is 0 Å². The first-order chi connectivity index (χ1) is 25.9. The van der Waals surface area contributed by atoms with Gasteiger partial charge in [0, 0.05) is 38.8 Å². The number of methoxy groups -OCH3 is 2. The molecule has 0 radical (unpaired) electrons. The lowest BCUT2D eigenvalue weighted by molar-refractivity contribution is -0.308. The zero-order chi connectivity index (χ0) is 39.2. The summed E-state index contributed by atoms with van der Waals surface area (Å²) in [7, 11) is 3.08. The summed E-state index contributed by atoms with van der Waals surface area (Å²) < 4.78 is 50.3. The molecule has 4 rings (SSSR count). The summed E-state index contributed by atoms with van der Waals surface area (Å²) in [6, 6.07) is 21.7. The molecule has 0 N–H and O–H groups in total. The minimum Gasteiger partial charge on any atom is -0.497 e. The molecule has 1 aliphatic heterocycles. The molecule has 6 atom stereocenters. The Morgan fingerprint density at radius 1 is 0.648 bits per heavy atom. The van der Waals surface area contributed by atoms with Gasteiger partial charge in [0.05, 0.1) is 26.5 Å². The molecular weight excluding hydrogens is 706 g/mol. The number of nitrogens with zero attached hydrogens (tertiary/aromatic N) is 1. The minimum atomic E-state index is -1.56. The van der Waals surface area contributed by atoms with E-state index < -0.39 is 79.8 Å². The fourth-order valence-electron chi connectivity index (χ4n) is 5.46. The summed E-state index contributed by atoms with van der Waals surface area (Å²) in [5.74, 6) is -2.66. The van der Waals surface area contributed by atoms with Crippen LogP contribution in [0.15, 0.2) is 83.9 Å². The summed E-state index contributed by atoms with van der Waals surface area (Å²) >= 11 is 0. The number of hydrogen-bond acceptors (Lipinski definition) is 15. The highest BCUT2D eigenvalue weighted by Crippen LogP contribution is 2.30. The van der Waals surface area contributed by atoms with E-state index in [0.29, 0.717) is 28.3 Å². The van der Waals surface area contributed by atoms with Crippen molar-refractivity contribution >= 4 is 35.6 Å². The number of hydrogen-bond donors (Lipinski definition) is 0. The lowest BCUT2D eigenvalue weighted by atomic mass is 9.98. The second-order valence-corrected chi connectivity index (χ2v) is 11.9. The maximum atomic E-state index is 13.9. The SMILES string of the molecule is COc1ccc(C(=N[C@@H](CO[C@@H]2O[C@H](COC(C)=O)[C@@H](OC(C)=O)[C@H](OC(C)=O)[C@H]2OC(C)=O)C(=O)OCc2ccccc2)c2ccc(OC)cc2)cc1. The highest BCUT2D eigenvalue weighted by molar-refractivity contribution is 6.13. The van der Waals surface area contributed by atoms with E-state index in [-0.39, 0.29) is 6.61 Å². The molecule has 0 saturated carbocycles. The maximum absolute atomic E-state index is 13.9. The molecule has 3 aromatic rings. The van der Waals surface area contributed by atoms with Crippen LogP contribution in [0.2, 0.25) is 0 Å². The van der Waals surface area contributed by atoms with E-state index in [1.54, 1.807) is 72.8 Å². The molecule has 1 aliphatic rings. The van der Waals surface area contributed by atoms with Crippen LogP contribution >= 0.6 is 0 Å². The lowest BCUT2D eigenvalue weighted by Gasteiger charge is -2.44. The Morgan fingerprint density at radius 2 is 1.17 bits per heavy atom. The number of aliphatic imine (C=N–C) groups is 1. The van der Waals surface area contributed by atoms with E-state index in [2.05, 4.69) is 0 Å². The third-order valence-electron chi connectivity index (χ3n) is 7.87. The quantitative estimate of drug-likeness (QED) is 0.117. The molecule has 288 valence electrons. The summed E-state index contributed by atoms with van der Waals surface area (Å²) in [6.45, 7) is 3.44. The van der Waals surface area contributed by atoms with Crippen molar-refractivity contribution in [1.82, 2.24) is 0 Å². The van der Waals surface area contributed by atoms with Crippen LogP contribution in [0.4, 0.5) is 0 Å². The molecule has 0 spiro atoms. The topological polar surface area (TPSA) is 181 Å². The molecular formula is C39H43NO14. The first kappa shape index (κ1) is 41.0. The molecule has 0 bridgehead atoms. The van der Waals surface area contributed by atoms with E-state index in [1.807, 2.05) is 6.07 Å². The van der Waals surface area contributed by atoms with Gasteiger partial charge >= 0.3 is 29.8 Å². The molecule has 15 heteroatoms. The molecule has 0 aliphatic carbocycles. The number of benzene rings is 3. The van der Waals surface area contributed by atoms with Gasteiger partial charge in [0.1, 0.15) is 30.8 Å². The van der Waals surface area contributed by atoms with E-state index >= 15 is 0 Å². The molecule has 54 heavy (non-hydrogen) atoms. The summed E-state index contributed by atoms with van der Waals surface area (Å²) in [6.07, 6.45) is -7.21. The first-order valence-corrected chi connectivity index (χ1v) is 16.9. The van der Waals surface area contributed by atoms with Gasteiger partial charge in [0.2, 0.25) is 0 Å². The minimum absolute atomic E-state index is 0.0782. The second kappa shape index (κ2) is 19.9. The monoisotopic (exact) mass is 749 g/mol. The Morgan fingerprint density at radius 3 is 1.67 bits per heavy atom. The normalized spacial score (nSPS) is 19.6. The Kier molecular flexibility index (Phi) is 15.1. The molecule has 0 amide bonds. The second-order valence-electron chi connectivity index (χ2n) is 11.9. The van der Waals surface area contributed by atoms with Crippen LogP contribution in [0.5, 0.6) is 11.5 Å². The van der Waals surface area contributed by atoms with E-state index in [4.69, 9.17) is 47.6 Å². The molecule has 15 nitrogen and oxygen atoms in total. The zero-order valence-electron chi connectivity index (χ0n) is 30.8. The van der Waals surface area contributed by atoms with Crippen molar-refractivity contribution in [3.8, 4) is 11.5 Å². The van der Waals surface area contributed by atoms with Gasteiger partial charge in [0.25, 0.3) is 0 Å². The third kappa shape index (κ3) is 11.9. The van der Waals surface area contributed by atoms with Crippen LogP contribution < -0.4 is 9.47 Å². The van der Waals surface area contributed by atoms with E-state index in [0.717, 1.165) is 33.3 Å². The van der Waals surface area contributed by atoms with Gasteiger partial charge in [-0.15, -0.1) is 0 Å². The lowest BCUT2D eigenvalue weighted by Crippen LogP contribution is -2.63. The molecule has 1 heterocycles. The van der Waals surface area contributed by atoms with Gasteiger partial charge in [-0.05, 0) is 54.1 Å². The standard InChI is InChI=1S/C39H43NO14/c1-23(41)48-22-33-35(51-24(2)42)36(52-25(3)43)37(53-26(4)44)39(54-33)50-21-32(38(45)49-20-27-10-8-7-9-11-27)40-34(28-12-16-30(46-5)17-13-28)29-14-18-31(47-6)19-15-29/h7-19,32-33,35-37,39H,20-22H2,1-6H3/t32-,33+,35+,36-,37+,39+/m0/s1. The van der Waals surface area contributed by atoms with Crippen molar-refractivity contribution in [1.29, 1.82) is 0 Å². The van der Waals surface area contributed by atoms with Gasteiger partial charge in [-0.25, -0.2) is 4.79 Å². The van der Waals surface area contributed by atoms with Crippen LogP contribution in [0, 0.1) is 0 Å². The molecule has 0 aromatic heterocycles. The average molecular weight is 750 g/mol. The third-order valence-corrected chi connectivity index (χ3v) is 7.87. The number of rotatable bonds is 16. The number of carbonyl (C=O) groups is 5. The number of ether oxygens (including phenoxy) is 9. The molecule has 0 unspecified atom stereocenters. The van der Waals surface area contributed by atoms with Gasteiger partial charge in [0.15, 0.2) is 30.6 Å². The number of esters is 5. The fourth-order valence-corrected chi connectivity index (χ4v) is 5.46. The van der Waals surface area contributed by atoms with Crippen molar-refractivity contribution in [2.45, 2.75) is 71.0 Å². The van der Waals surface area contributed by atoms with E-state index in [9.17, 15) is 24.0 Å². The maximum Gasteiger partial charge on any atom is 0.333 e. The van der Waals surface area contributed by atoms with Gasteiger partial charge in [-0.3, -0.25) is 24.2 Å². The van der Waals surface area contributed by atoms with Crippen LogP contribution in [-0.2, 0) is 63.7 Å². The Bertz CT molecular complexity index is 1710. The largest absolute Gasteiger partial charge is 0.497 e. The average Bonchev–Trinajstić information content (AvgIpc) is 3.15. The molecule has 1 fully saturated rings. The van der Waals surface area contributed by atoms with Crippen LogP contribution in [-0.4, -0.2) is 99.7 Å². The van der Waals surface area contributed by atoms with Crippen LogP contribution in [0.3, 0.4) is 0 Å². The van der Waals surface area contributed by atoms with Gasteiger partial charge in [-0.2, -0.15) is 0 Å². The predicted octanol–water partition coefficient (Wildman–Crippen LogP) is 3.75. The Labute approximate surface area is 312 Å². The highest BCUT2D eigenvalue weighted by atomic mass is 16.7. The summed E-state index contributed by atoms with van der Waals surface area (Å²) in [5, 5.41) is 0. The number of carbonyl (C=O) groups excluding carboxylic acids is 5. The molecule has 3 aromatic carbocycles. The van der Waals surface area contributed by atoms with E-state index in [1.165, 1.54) is 14.2 Å². The summed E-state index contributed by atoms with van der Waals surface area (Å²) in [5.41, 5.74) is 2.34. The van der Waals surface area contributed by atoms with Gasteiger partial charge < -0.3 is 42.6 Å². The smallest absolute Gasteiger partial charge is 0.333 e. The van der Waals surface area contributed by atoms with Crippen LogP contribution in [0.25, 0.3) is 0 Å².